The number of ether oxygens (including phenoxy) is 1. The van der Waals surface area contributed by atoms with Crippen molar-refractivity contribution < 1.29 is 17.9 Å². The lowest BCUT2D eigenvalue weighted by atomic mass is 9.81. The zero-order valence-corrected chi connectivity index (χ0v) is 12.4. The van der Waals surface area contributed by atoms with Crippen LogP contribution in [0.5, 0.6) is 5.75 Å². The van der Waals surface area contributed by atoms with Gasteiger partial charge in [0.2, 0.25) is 0 Å². The molecule has 0 amide bonds. The van der Waals surface area contributed by atoms with Crippen molar-refractivity contribution >= 4 is 0 Å². The van der Waals surface area contributed by atoms with Crippen LogP contribution in [0.4, 0.5) is 13.2 Å². The first-order valence-electron chi connectivity index (χ1n) is 7.61. The van der Waals surface area contributed by atoms with Crippen molar-refractivity contribution in [3.63, 3.8) is 0 Å². The van der Waals surface area contributed by atoms with Crippen LogP contribution < -0.4 is 10.1 Å². The highest BCUT2D eigenvalue weighted by Gasteiger charge is 2.44. The van der Waals surface area contributed by atoms with Crippen LogP contribution in [0.3, 0.4) is 0 Å². The molecule has 1 fully saturated rings. The first kappa shape index (κ1) is 14.6. The minimum absolute atomic E-state index is 0.585. The fourth-order valence-electron chi connectivity index (χ4n) is 3.44. The third-order valence-corrected chi connectivity index (χ3v) is 4.45. The van der Waals surface area contributed by atoms with E-state index in [-0.39, 0.29) is 0 Å². The topological polar surface area (TPSA) is 39.1 Å². The molecule has 1 aromatic carbocycles. The summed E-state index contributed by atoms with van der Waals surface area (Å²) < 4.78 is 45.4. The minimum atomic E-state index is -4.30. The summed E-state index contributed by atoms with van der Waals surface area (Å²) in [5, 5.41) is 7.49. The highest BCUT2D eigenvalue weighted by atomic mass is 19.4. The summed E-state index contributed by atoms with van der Waals surface area (Å²) in [4.78, 5) is 0. The summed E-state index contributed by atoms with van der Waals surface area (Å²) in [6.45, 7) is 0.453. The van der Waals surface area contributed by atoms with E-state index in [0.29, 0.717) is 24.3 Å². The van der Waals surface area contributed by atoms with Crippen molar-refractivity contribution in [2.75, 3.05) is 13.1 Å². The van der Waals surface area contributed by atoms with E-state index in [2.05, 4.69) is 10.4 Å². The highest BCUT2D eigenvalue weighted by Crippen LogP contribution is 2.48. The Bertz CT molecular complexity index is 732. The molecular formula is C16H16F3N3O. The molecule has 23 heavy (non-hydrogen) atoms. The molecule has 0 atom stereocenters. The number of halogens is 3. The molecule has 1 N–H and O–H groups in total. The Hall–Kier alpha value is -2.02. The average Bonchev–Trinajstić information content (AvgIpc) is 2.91. The second kappa shape index (κ2) is 4.99. The molecule has 122 valence electrons. The molecule has 0 unspecified atom stereocenters. The molecule has 1 aromatic heterocycles. The van der Waals surface area contributed by atoms with Gasteiger partial charge in [-0.2, -0.15) is 18.3 Å². The summed E-state index contributed by atoms with van der Waals surface area (Å²) in [6.07, 6.45) is -1.36. The predicted molar refractivity (Wildman–Crippen MR) is 78.1 cm³/mol. The Morgan fingerprint density at radius 2 is 1.96 bits per heavy atom. The van der Waals surface area contributed by atoms with Gasteiger partial charge in [0.1, 0.15) is 23.6 Å². The average molecular weight is 323 g/mol. The number of aromatic nitrogens is 2. The lowest BCUT2D eigenvalue weighted by molar-refractivity contribution is -0.142. The Morgan fingerprint density at radius 3 is 2.70 bits per heavy atom. The number of hydrogen-bond donors (Lipinski definition) is 1. The fraction of sp³-hybridized carbons (Fsp3) is 0.438. The first-order valence-corrected chi connectivity index (χ1v) is 7.61. The highest BCUT2D eigenvalue weighted by molar-refractivity contribution is 5.73. The molecule has 4 nitrogen and oxygen atoms in total. The molecule has 0 aliphatic carbocycles. The van der Waals surface area contributed by atoms with E-state index in [4.69, 9.17) is 4.74 Å². The summed E-state index contributed by atoms with van der Waals surface area (Å²) in [6, 6.07) is 7.40. The second-order valence-corrected chi connectivity index (χ2v) is 6.05. The van der Waals surface area contributed by atoms with Gasteiger partial charge in [-0.15, -0.1) is 0 Å². The van der Waals surface area contributed by atoms with Gasteiger partial charge in [-0.1, -0.05) is 12.1 Å². The monoisotopic (exact) mass is 323 g/mol. The number of nitrogens with one attached hydrogen (secondary N) is 1. The number of alkyl halides is 3. The van der Waals surface area contributed by atoms with Crippen molar-refractivity contribution in [2.45, 2.75) is 31.2 Å². The van der Waals surface area contributed by atoms with Gasteiger partial charge >= 0.3 is 6.18 Å². The number of nitrogens with zero attached hydrogens (tertiary/aromatic N) is 2. The maximum absolute atomic E-state index is 12.7. The lowest BCUT2D eigenvalue weighted by Crippen LogP contribution is -2.45. The molecule has 7 heteroatoms. The van der Waals surface area contributed by atoms with Crippen molar-refractivity contribution in [3.05, 3.63) is 36.0 Å². The van der Waals surface area contributed by atoms with Gasteiger partial charge in [0.25, 0.3) is 0 Å². The summed E-state index contributed by atoms with van der Waals surface area (Å²) in [5.74, 6) is 0.694. The van der Waals surface area contributed by atoms with Crippen molar-refractivity contribution in [1.29, 1.82) is 0 Å². The van der Waals surface area contributed by atoms with Crippen LogP contribution in [-0.4, -0.2) is 29.0 Å². The Balaban J connectivity index is 1.84. The standard InChI is InChI=1S/C16H16F3N3O/c17-16(18,19)10-22-9-12-14(21-22)11-3-1-2-4-13(11)23-15(12)5-7-20-8-6-15/h1-4,9,20H,5-8,10H2. The van der Waals surface area contributed by atoms with Crippen LogP contribution in [0.2, 0.25) is 0 Å². The fourth-order valence-corrected chi connectivity index (χ4v) is 3.44. The van der Waals surface area contributed by atoms with Gasteiger partial charge in [0.15, 0.2) is 0 Å². The van der Waals surface area contributed by atoms with Gasteiger partial charge < -0.3 is 10.1 Å². The molecular weight excluding hydrogens is 307 g/mol. The van der Waals surface area contributed by atoms with Crippen LogP contribution in [0.15, 0.2) is 30.5 Å². The smallest absolute Gasteiger partial charge is 0.408 e. The first-order chi connectivity index (χ1) is 11.0. The molecule has 2 aliphatic rings. The molecule has 0 bridgehead atoms. The number of rotatable bonds is 1. The van der Waals surface area contributed by atoms with E-state index >= 15 is 0 Å². The van der Waals surface area contributed by atoms with Crippen molar-refractivity contribution in [1.82, 2.24) is 15.1 Å². The van der Waals surface area contributed by atoms with E-state index in [1.807, 2.05) is 24.3 Å². The number of hydrogen-bond acceptors (Lipinski definition) is 3. The zero-order chi connectivity index (χ0) is 16.1. The molecule has 0 saturated carbocycles. The lowest BCUT2D eigenvalue weighted by Gasteiger charge is -2.41. The van der Waals surface area contributed by atoms with E-state index in [9.17, 15) is 13.2 Å². The normalized spacial score (nSPS) is 19.1. The molecule has 0 radical (unpaired) electrons. The van der Waals surface area contributed by atoms with Gasteiger partial charge in [0.05, 0.1) is 0 Å². The zero-order valence-electron chi connectivity index (χ0n) is 12.4. The Labute approximate surface area is 131 Å². The molecule has 3 heterocycles. The molecule has 1 spiro atoms. The number of fused-ring (bicyclic) bond motifs is 4. The van der Waals surface area contributed by atoms with Crippen LogP contribution >= 0.6 is 0 Å². The molecule has 2 aromatic rings. The predicted octanol–water partition coefficient (Wildman–Crippen LogP) is 3.08. The summed E-state index contributed by atoms with van der Waals surface area (Å²) in [7, 11) is 0. The number of para-hydroxylation sites is 1. The largest absolute Gasteiger partial charge is 0.482 e. The quantitative estimate of drug-likeness (QED) is 0.876. The van der Waals surface area contributed by atoms with E-state index < -0.39 is 18.3 Å². The molecule has 1 saturated heterocycles. The van der Waals surface area contributed by atoms with Gasteiger partial charge in [0, 0.05) is 30.2 Å². The maximum atomic E-state index is 12.7. The van der Waals surface area contributed by atoms with Crippen LogP contribution in [0.1, 0.15) is 18.4 Å². The van der Waals surface area contributed by atoms with E-state index in [1.165, 1.54) is 6.20 Å². The Kier molecular flexibility index (Phi) is 3.16. The second-order valence-electron chi connectivity index (χ2n) is 6.05. The third kappa shape index (κ3) is 2.49. The summed E-state index contributed by atoms with van der Waals surface area (Å²) >= 11 is 0. The van der Waals surface area contributed by atoms with Gasteiger partial charge in [-0.05, 0) is 25.2 Å². The number of benzene rings is 1. The minimum Gasteiger partial charge on any atom is -0.482 e. The van der Waals surface area contributed by atoms with Gasteiger partial charge in [-0.25, -0.2) is 0 Å². The van der Waals surface area contributed by atoms with E-state index in [1.54, 1.807) is 0 Å². The van der Waals surface area contributed by atoms with Crippen LogP contribution in [0, 0.1) is 0 Å². The van der Waals surface area contributed by atoms with Crippen molar-refractivity contribution in [3.8, 4) is 17.0 Å². The maximum Gasteiger partial charge on any atom is 0.408 e. The van der Waals surface area contributed by atoms with Crippen LogP contribution in [-0.2, 0) is 12.1 Å². The van der Waals surface area contributed by atoms with Crippen molar-refractivity contribution in [2.24, 2.45) is 0 Å². The molecule has 2 aliphatic heterocycles. The van der Waals surface area contributed by atoms with Crippen LogP contribution in [0.25, 0.3) is 11.3 Å². The third-order valence-electron chi connectivity index (χ3n) is 4.45. The van der Waals surface area contributed by atoms with Gasteiger partial charge in [-0.3, -0.25) is 4.68 Å². The Morgan fingerprint density at radius 1 is 1.22 bits per heavy atom. The number of piperidine rings is 1. The SMILES string of the molecule is FC(F)(F)Cn1cc2c(n1)-c1ccccc1OC21CCNCC1. The van der Waals surface area contributed by atoms with E-state index in [0.717, 1.165) is 28.9 Å². The molecule has 4 rings (SSSR count). The summed E-state index contributed by atoms with van der Waals surface area (Å²) in [5.41, 5.74) is 1.55.